The van der Waals surface area contributed by atoms with E-state index < -0.39 is 11.7 Å². The van der Waals surface area contributed by atoms with Crippen LogP contribution in [-0.2, 0) is 9.47 Å². The van der Waals surface area contributed by atoms with E-state index in [1.165, 1.54) is 4.57 Å². The number of ether oxygens (including phenoxy) is 2. The lowest BCUT2D eigenvalue weighted by Crippen LogP contribution is -2.30. The summed E-state index contributed by atoms with van der Waals surface area (Å²) < 4.78 is 12.4. The Morgan fingerprint density at radius 2 is 1.56 bits per heavy atom. The Kier molecular flexibility index (Phi) is 7.88. The lowest BCUT2D eigenvalue weighted by molar-refractivity contribution is -0.00878. The van der Waals surface area contributed by atoms with Crippen molar-refractivity contribution in [2.24, 2.45) is 0 Å². The van der Waals surface area contributed by atoms with Gasteiger partial charge in [0.15, 0.2) is 0 Å². The number of anilines is 1. The van der Waals surface area contributed by atoms with E-state index in [-0.39, 0.29) is 37.1 Å². The first kappa shape index (κ1) is 22.9. The van der Waals surface area contributed by atoms with Gasteiger partial charge in [-0.2, -0.15) is 4.98 Å². The highest BCUT2D eigenvalue weighted by atomic mass is 16.6. The Bertz CT molecular complexity index is 1100. The molecule has 1 aromatic heterocycles. The van der Waals surface area contributed by atoms with E-state index in [2.05, 4.69) is 10.3 Å². The van der Waals surface area contributed by atoms with E-state index in [1.54, 1.807) is 67.7 Å². The predicted octanol–water partition coefficient (Wildman–Crippen LogP) is 3.32. The second-order valence-electron chi connectivity index (χ2n) is 7.28. The van der Waals surface area contributed by atoms with E-state index in [0.717, 1.165) is 0 Å². The van der Waals surface area contributed by atoms with Crippen LogP contribution >= 0.6 is 0 Å². The van der Waals surface area contributed by atoms with E-state index in [0.29, 0.717) is 11.1 Å². The minimum Gasteiger partial charge on any atom is -0.459 e. The number of carbonyl (C=O) groups is 2. The maximum atomic E-state index is 12.4. The van der Waals surface area contributed by atoms with Crippen molar-refractivity contribution in [1.29, 1.82) is 0 Å². The molecule has 0 aliphatic carbocycles. The van der Waals surface area contributed by atoms with E-state index in [4.69, 9.17) is 9.47 Å². The zero-order chi connectivity index (χ0) is 22.9. The number of amides is 1. The topological polar surface area (TPSA) is 99.5 Å². The minimum atomic E-state index is -0.505. The summed E-state index contributed by atoms with van der Waals surface area (Å²) in [4.78, 5) is 40.5. The molecule has 32 heavy (non-hydrogen) atoms. The summed E-state index contributed by atoms with van der Waals surface area (Å²) in [6.07, 6.45) is 1.21. The monoisotopic (exact) mass is 435 g/mol. The third-order valence-corrected chi connectivity index (χ3v) is 4.66. The lowest BCUT2D eigenvalue weighted by Gasteiger charge is -2.19. The summed E-state index contributed by atoms with van der Waals surface area (Å²) in [7, 11) is 0. The van der Waals surface area contributed by atoms with Crippen LogP contribution in [0.25, 0.3) is 0 Å². The molecule has 1 heterocycles. The highest BCUT2D eigenvalue weighted by molar-refractivity contribution is 6.03. The average Bonchev–Trinajstić information content (AvgIpc) is 2.82. The zero-order valence-electron chi connectivity index (χ0n) is 17.9. The first-order chi connectivity index (χ1) is 15.4. The van der Waals surface area contributed by atoms with Crippen LogP contribution in [0.3, 0.4) is 0 Å². The molecular formula is C24H25N3O5. The number of nitrogens with one attached hydrogen (secondary N) is 1. The van der Waals surface area contributed by atoms with E-state index in [1.807, 2.05) is 19.1 Å². The van der Waals surface area contributed by atoms with Crippen LogP contribution in [0, 0.1) is 0 Å². The van der Waals surface area contributed by atoms with Crippen molar-refractivity contribution in [3.05, 3.63) is 94.5 Å². The Morgan fingerprint density at radius 1 is 0.938 bits per heavy atom. The zero-order valence-corrected chi connectivity index (χ0v) is 17.9. The number of rotatable bonds is 9. The van der Waals surface area contributed by atoms with Gasteiger partial charge in [-0.1, -0.05) is 36.4 Å². The maximum absolute atomic E-state index is 12.4. The second kappa shape index (κ2) is 11.0. The van der Waals surface area contributed by atoms with Gasteiger partial charge in [-0.05, 0) is 44.2 Å². The first-order valence-corrected chi connectivity index (χ1v) is 10.2. The SMILES string of the molecule is C[C@H](COC(=O)c1ccccc1)OC[C@H](C)n1ccc(NC(=O)c2ccccc2)nc1=O. The number of benzene rings is 2. The van der Waals surface area contributed by atoms with Crippen LogP contribution < -0.4 is 11.0 Å². The van der Waals surface area contributed by atoms with Crippen LogP contribution in [-0.4, -0.2) is 40.7 Å². The number of hydrogen-bond acceptors (Lipinski definition) is 6. The van der Waals surface area contributed by atoms with Crippen molar-refractivity contribution < 1.29 is 19.1 Å². The Balaban J connectivity index is 1.49. The molecule has 0 saturated carbocycles. The average molecular weight is 435 g/mol. The number of esters is 1. The van der Waals surface area contributed by atoms with Crippen LogP contribution in [0.4, 0.5) is 5.82 Å². The molecule has 0 spiro atoms. The van der Waals surface area contributed by atoms with Gasteiger partial charge in [-0.25, -0.2) is 9.59 Å². The molecule has 0 aliphatic rings. The van der Waals surface area contributed by atoms with E-state index >= 15 is 0 Å². The third kappa shape index (κ3) is 6.36. The highest BCUT2D eigenvalue weighted by Gasteiger charge is 2.14. The molecule has 2 atom stereocenters. The molecule has 8 heteroatoms. The number of nitrogens with zero attached hydrogens (tertiary/aromatic N) is 2. The normalized spacial score (nSPS) is 12.6. The van der Waals surface area contributed by atoms with Crippen LogP contribution in [0.1, 0.15) is 40.6 Å². The van der Waals surface area contributed by atoms with Gasteiger partial charge in [0, 0.05) is 11.8 Å². The number of hydrogen-bond donors (Lipinski definition) is 1. The Hall–Kier alpha value is -3.78. The molecular weight excluding hydrogens is 410 g/mol. The standard InChI is InChI=1S/C24H25N3O5/c1-17(15-31-18(2)16-32-23(29)20-11-7-4-8-12-20)27-14-13-21(26-24(27)30)25-22(28)19-9-5-3-6-10-19/h3-14,17-18H,15-16H2,1-2H3,(H,25,26,28,30)/t17-,18+/m0/s1. The Labute approximate surface area is 185 Å². The number of aromatic nitrogens is 2. The fraction of sp³-hybridized carbons (Fsp3) is 0.250. The summed E-state index contributed by atoms with van der Waals surface area (Å²) in [6, 6.07) is 18.6. The second-order valence-corrected chi connectivity index (χ2v) is 7.28. The van der Waals surface area contributed by atoms with Gasteiger partial charge in [-0.3, -0.25) is 9.36 Å². The molecule has 2 aromatic carbocycles. The van der Waals surface area contributed by atoms with Crippen molar-refractivity contribution in [3.8, 4) is 0 Å². The van der Waals surface area contributed by atoms with Gasteiger partial charge in [0.25, 0.3) is 5.91 Å². The molecule has 1 N–H and O–H groups in total. The summed E-state index contributed by atoms with van der Waals surface area (Å²) in [5.41, 5.74) is 0.447. The first-order valence-electron chi connectivity index (χ1n) is 10.2. The lowest BCUT2D eigenvalue weighted by atomic mass is 10.2. The summed E-state index contributed by atoms with van der Waals surface area (Å²) in [5.74, 6) is -0.581. The minimum absolute atomic E-state index is 0.0953. The smallest absolute Gasteiger partial charge is 0.349 e. The fourth-order valence-electron chi connectivity index (χ4n) is 2.88. The number of carbonyl (C=O) groups excluding carboxylic acids is 2. The summed E-state index contributed by atoms with van der Waals surface area (Å²) >= 11 is 0. The molecule has 0 aliphatic heterocycles. The summed E-state index contributed by atoms with van der Waals surface area (Å²) in [6.45, 7) is 3.92. The van der Waals surface area contributed by atoms with Crippen molar-refractivity contribution in [2.45, 2.75) is 26.0 Å². The fourth-order valence-corrected chi connectivity index (χ4v) is 2.88. The van der Waals surface area contributed by atoms with Gasteiger partial charge in [0.2, 0.25) is 0 Å². The van der Waals surface area contributed by atoms with Crippen LogP contribution in [0.5, 0.6) is 0 Å². The largest absolute Gasteiger partial charge is 0.459 e. The molecule has 0 fully saturated rings. The van der Waals surface area contributed by atoms with Crippen molar-refractivity contribution in [1.82, 2.24) is 9.55 Å². The van der Waals surface area contributed by atoms with Gasteiger partial charge in [0.05, 0.1) is 24.3 Å². The molecule has 8 nitrogen and oxygen atoms in total. The van der Waals surface area contributed by atoms with Gasteiger partial charge in [-0.15, -0.1) is 0 Å². The highest BCUT2D eigenvalue weighted by Crippen LogP contribution is 2.09. The van der Waals surface area contributed by atoms with Gasteiger partial charge >= 0.3 is 11.7 Å². The van der Waals surface area contributed by atoms with Crippen molar-refractivity contribution >= 4 is 17.7 Å². The van der Waals surface area contributed by atoms with Gasteiger partial charge in [0.1, 0.15) is 12.4 Å². The molecule has 0 radical (unpaired) electrons. The van der Waals surface area contributed by atoms with E-state index in [9.17, 15) is 14.4 Å². The van der Waals surface area contributed by atoms with Crippen LogP contribution in [0.15, 0.2) is 77.7 Å². The molecule has 0 saturated heterocycles. The quantitative estimate of drug-likeness (QED) is 0.518. The van der Waals surface area contributed by atoms with Crippen LogP contribution in [0.2, 0.25) is 0 Å². The molecule has 1 amide bonds. The maximum Gasteiger partial charge on any atom is 0.349 e. The Morgan fingerprint density at radius 3 is 2.19 bits per heavy atom. The van der Waals surface area contributed by atoms with Crippen molar-refractivity contribution in [2.75, 3.05) is 18.5 Å². The van der Waals surface area contributed by atoms with Crippen molar-refractivity contribution in [3.63, 3.8) is 0 Å². The molecule has 166 valence electrons. The molecule has 0 bridgehead atoms. The molecule has 3 aromatic rings. The predicted molar refractivity (Wildman–Crippen MR) is 120 cm³/mol. The van der Waals surface area contributed by atoms with Gasteiger partial charge < -0.3 is 14.8 Å². The summed E-state index contributed by atoms with van der Waals surface area (Å²) in [5, 5.41) is 2.61. The third-order valence-electron chi connectivity index (χ3n) is 4.66. The molecule has 0 unspecified atom stereocenters. The molecule has 3 rings (SSSR count).